The summed E-state index contributed by atoms with van der Waals surface area (Å²) in [7, 11) is 0. The molecule has 1 saturated heterocycles. The Balaban J connectivity index is 1.80. The van der Waals surface area contributed by atoms with Crippen LogP contribution in [0.5, 0.6) is 0 Å². The highest BCUT2D eigenvalue weighted by atomic mass is 16.4. The molecule has 2 amide bonds. The second kappa shape index (κ2) is 6.17. The maximum absolute atomic E-state index is 11.9. The van der Waals surface area contributed by atoms with Crippen molar-refractivity contribution in [2.45, 2.75) is 25.3 Å². The fourth-order valence-corrected chi connectivity index (χ4v) is 2.23. The van der Waals surface area contributed by atoms with E-state index in [0.29, 0.717) is 25.9 Å². The Morgan fingerprint density at radius 3 is 3.05 bits per heavy atom. The number of carbonyl (C=O) groups is 2. The molecule has 0 saturated carbocycles. The van der Waals surface area contributed by atoms with Crippen LogP contribution in [0.25, 0.3) is 0 Å². The van der Waals surface area contributed by atoms with E-state index in [2.05, 4.69) is 10.3 Å². The van der Waals surface area contributed by atoms with Gasteiger partial charge in [0.1, 0.15) is 6.04 Å². The zero-order chi connectivity index (χ0) is 13.7. The van der Waals surface area contributed by atoms with Crippen LogP contribution in [-0.2, 0) is 11.2 Å². The molecule has 1 atom stereocenters. The number of pyridine rings is 1. The number of rotatable bonds is 4. The molecule has 2 N–H and O–H groups in total. The number of likely N-dealkylation sites (tertiary alicyclic amines) is 1. The monoisotopic (exact) mass is 263 g/mol. The van der Waals surface area contributed by atoms with Gasteiger partial charge in [-0.1, -0.05) is 6.07 Å². The summed E-state index contributed by atoms with van der Waals surface area (Å²) in [5.41, 5.74) is 1.04. The molecule has 1 aromatic rings. The summed E-state index contributed by atoms with van der Waals surface area (Å²) >= 11 is 0. The van der Waals surface area contributed by atoms with E-state index in [0.717, 1.165) is 12.0 Å². The minimum Gasteiger partial charge on any atom is -0.480 e. The third-order valence-electron chi connectivity index (χ3n) is 3.21. The minimum atomic E-state index is -0.931. The zero-order valence-electron chi connectivity index (χ0n) is 10.6. The first-order chi connectivity index (χ1) is 9.18. The maximum Gasteiger partial charge on any atom is 0.326 e. The fourth-order valence-electron chi connectivity index (χ4n) is 2.23. The Bertz CT molecular complexity index is 450. The van der Waals surface area contributed by atoms with Crippen molar-refractivity contribution in [3.05, 3.63) is 30.1 Å². The molecule has 19 heavy (non-hydrogen) atoms. The van der Waals surface area contributed by atoms with E-state index in [9.17, 15) is 9.59 Å². The smallest absolute Gasteiger partial charge is 0.326 e. The number of nitrogens with zero attached hydrogens (tertiary/aromatic N) is 2. The van der Waals surface area contributed by atoms with Gasteiger partial charge < -0.3 is 15.3 Å². The second-order valence-corrected chi connectivity index (χ2v) is 4.53. The van der Waals surface area contributed by atoms with Gasteiger partial charge in [-0.2, -0.15) is 0 Å². The van der Waals surface area contributed by atoms with E-state index in [-0.39, 0.29) is 6.03 Å². The van der Waals surface area contributed by atoms with Crippen LogP contribution >= 0.6 is 0 Å². The largest absolute Gasteiger partial charge is 0.480 e. The van der Waals surface area contributed by atoms with Gasteiger partial charge in [0.05, 0.1) is 0 Å². The first-order valence-electron chi connectivity index (χ1n) is 6.34. The molecule has 6 nitrogen and oxygen atoms in total. The van der Waals surface area contributed by atoms with Crippen LogP contribution in [0.3, 0.4) is 0 Å². The molecule has 0 bridgehead atoms. The van der Waals surface area contributed by atoms with Crippen molar-refractivity contribution < 1.29 is 14.7 Å². The number of hydrogen-bond donors (Lipinski definition) is 2. The van der Waals surface area contributed by atoms with Crippen molar-refractivity contribution in [1.29, 1.82) is 0 Å². The number of aromatic nitrogens is 1. The van der Waals surface area contributed by atoms with Crippen LogP contribution in [0.15, 0.2) is 24.5 Å². The van der Waals surface area contributed by atoms with Crippen LogP contribution in [-0.4, -0.2) is 46.1 Å². The summed E-state index contributed by atoms with van der Waals surface area (Å²) in [5, 5.41) is 11.8. The normalized spacial score (nSPS) is 18.3. The fraction of sp³-hybridized carbons (Fsp3) is 0.462. The van der Waals surface area contributed by atoms with Gasteiger partial charge in [0.15, 0.2) is 0 Å². The van der Waals surface area contributed by atoms with E-state index in [1.807, 2.05) is 12.1 Å². The molecule has 1 unspecified atom stereocenters. The predicted molar refractivity (Wildman–Crippen MR) is 68.7 cm³/mol. The maximum atomic E-state index is 11.9. The van der Waals surface area contributed by atoms with Gasteiger partial charge in [0.25, 0.3) is 0 Å². The van der Waals surface area contributed by atoms with Gasteiger partial charge in [-0.15, -0.1) is 0 Å². The Morgan fingerprint density at radius 2 is 2.37 bits per heavy atom. The second-order valence-electron chi connectivity index (χ2n) is 4.53. The van der Waals surface area contributed by atoms with Crippen LogP contribution in [0.4, 0.5) is 4.79 Å². The van der Waals surface area contributed by atoms with Crippen molar-refractivity contribution in [3.63, 3.8) is 0 Å². The van der Waals surface area contributed by atoms with Crippen molar-refractivity contribution in [3.8, 4) is 0 Å². The number of amides is 2. The Morgan fingerprint density at radius 1 is 1.53 bits per heavy atom. The number of hydrogen-bond acceptors (Lipinski definition) is 3. The lowest BCUT2D eigenvalue weighted by atomic mass is 10.2. The van der Waals surface area contributed by atoms with Crippen LogP contribution in [0.1, 0.15) is 18.4 Å². The number of carboxylic acids is 1. The summed E-state index contributed by atoms with van der Waals surface area (Å²) in [5.74, 6) is -0.931. The number of nitrogens with one attached hydrogen (secondary N) is 1. The molecule has 1 fully saturated rings. The predicted octanol–water partition coefficient (Wildman–Crippen LogP) is 0.883. The van der Waals surface area contributed by atoms with Gasteiger partial charge in [0.2, 0.25) is 0 Å². The van der Waals surface area contributed by atoms with Crippen LogP contribution in [0, 0.1) is 0 Å². The average Bonchev–Trinajstić information content (AvgIpc) is 2.89. The van der Waals surface area contributed by atoms with Crippen molar-refractivity contribution in [1.82, 2.24) is 15.2 Å². The summed E-state index contributed by atoms with van der Waals surface area (Å²) in [6, 6.07) is 2.81. The van der Waals surface area contributed by atoms with Gasteiger partial charge >= 0.3 is 12.0 Å². The van der Waals surface area contributed by atoms with E-state index in [4.69, 9.17) is 5.11 Å². The number of carboxylic acid groups (broad SMARTS) is 1. The first kappa shape index (κ1) is 13.3. The van der Waals surface area contributed by atoms with Crippen LogP contribution < -0.4 is 5.32 Å². The molecule has 0 aliphatic carbocycles. The molecule has 0 spiro atoms. The zero-order valence-corrected chi connectivity index (χ0v) is 10.6. The average molecular weight is 263 g/mol. The highest BCUT2D eigenvalue weighted by Crippen LogP contribution is 2.17. The van der Waals surface area contributed by atoms with E-state index < -0.39 is 12.0 Å². The molecule has 0 aromatic carbocycles. The summed E-state index contributed by atoms with van der Waals surface area (Å²) in [6.07, 6.45) is 5.41. The Kier molecular flexibility index (Phi) is 4.33. The first-order valence-corrected chi connectivity index (χ1v) is 6.34. The molecular formula is C13H17N3O3. The van der Waals surface area contributed by atoms with Crippen molar-refractivity contribution in [2.75, 3.05) is 13.1 Å². The molecule has 1 aliphatic heterocycles. The molecule has 2 heterocycles. The van der Waals surface area contributed by atoms with E-state index in [1.165, 1.54) is 4.90 Å². The third-order valence-corrected chi connectivity index (χ3v) is 3.21. The molecule has 0 radical (unpaired) electrons. The Hall–Kier alpha value is -2.11. The molecule has 102 valence electrons. The lowest BCUT2D eigenvalue weighted by Gasteiger charge is -2.21. The SMILES string of the molecule is O=C(O)C1CCCN1C(=O)NCCc1cccnc1. The standard InChI is InChI=1S/C13H17N3O3/c17-12(18)11-4-2-8-16(11)13(19)15-7-5-10-3-1-6-14-9-10/h1,3,6,9,11H,2,4-5,7-8H2,(H,15,19)(H,17,18). The lowest BCUT2D eigenvalue weighted by Crippen LogP contribution is -2.46. The molecule has 6 heteroatoms. The van der Waals surface area contributed by atoms with Crippen molar-refractivity contribution >= 4 is 12.0 Å². The topological polar surface area (TPSA) is 82.5 Å². The van der Waals surface area contributed by atoms with Crippen LogP contribution in [0.2, 0.25) is 0 Å². The molecule has 2 rings (SSSR count). The number of aliphatic carboxylic acids is 1. The van der Waals surface area contributed by atoms with E-state index >= 15 is 0 Å². The Labute approximate surface area is 111 Å². The number of carbonyl (C=O) groups excluding carboxylic acids is 1. The quantitative estimate of drug-likeness (QED) is 0.845. The molecule has 1 aromatic heterocycles. The lowest BCUT2D eigenvalue weighted by molar-refractivity contribution is -0.141. The minimum absolute atomic E-state index is 0.297. The van der Waals surface area contributed by atoms with Gasteiger partial charge in [0, 0.05) is 25.5 Å². The van der Waals surface area contributed by atoms with E-state index in [1.54, 1.807) is 12.4 Å². The summed E-state index contributed by atoms with van der Waals surface area (Å²) in [6.45, 7) is 0.989. The summed E-state index contributed by atoms with van der Waals surface area (Å²) in [4.78, 5) is 28.3. The van der Waals surface area contributed by atoms with Gasteiger partial charge in [-0.25, -0.2) is 9.59 Å². The van der Waals surface area contributed by atoms with Gasteiger partial charge in [-0.05, 0) is 30.9 Å². The van der Waals surface area contributed by atoms with Gasteiger partial charge in [-0.3, -0.25) is 4.98 Å². The summed E-state index contributed by atoms with van der Waals surface area (Å²) < 4.78 is 0. The molecule has 1 aliphatic rings. The highest BCUT2D eigenvalue weighted by molar-refractivity contribution is 5.83. The number of urea groups is 1. The van der Waals surface area contributed by atoms with Crippen molar-refractivity contribution in [2.24, 2.45) is 0 Å². The molecular weight excluding hydrogens is 246 g/mol. The third kappa shape index (κ3) is 3.43. The highest BCUT2D eigenvalue weighted by Gasteiger charge is 2.33.